The average molecular weight is 266 g/mol. The van der Waals surface area contributed by atoms with E-state index in [0.29, 0.717) is 0 Å². The lowest BCUT2D eigenvalue weighted by atomic mass is 10.2. The molecule has 2 aromatic carbocycles. The summed E-state index contributed by atoms with van der Waals surface area (Å²) < 4.78 is 0. The van der Waals surface area contributed by atoms with Crippen LogP contribution in [0.1, 0.15) is 5.56 Å². The second kappa shape index (κ2) is 4.94. The Labute approximate surface area is 116 Å². The van der Waals surface area contributed by atoms with Gasteiger partial charge in [-0.15, -0.1) is 0 Å². The molecule has 0 atom stereocenters. The number of anilines is 1. The maximum atomic E-state index is 5.80. The summed E-state index contributed by atoms with van der Waals surface area (Å²) in [4.78, 5) is 6.80. The van der Waals surface area contributed by atoms with Crippen molar-refractivity contribution in [2.45, 2.75) is 16.7 Å². The lowest BCUT2D eigenvalue weighted by Crippen LogP contribution is -1.87. The first kappa shape index (κ1) is 12.1. The third kappa shape index (κ3) is 2.56. The molecule has 3 aromatic rings. The van der Waals surface area contributed by atoms with Crippen LogP contribution in [0.2, 0.25) is 0 Å². The normalized spacial score (nSPS) is 10.8. The van der Waals surface area contributed by atoms with Crippen molar-refractivity contribution in [2.75, 3.05) is 5.73 Å². The van der Waals surface area contributed by atoms with Crippen molar-refractivity contribution in [3.8, 4) is 0 Å². The number of pyridine rings is 1. The molecule has 0 aliphatic heterocycles. The molecule has 0 amide bonds. The van der Waals surface area contributed by atoms with E-state index in [2.05, 4.69) is 36.2 Å². The molecule has 0 aliphatic carbocycles. The Hall–Kier alpha value is -2.00. The van der Waals surface area contributed by atoms with Crippen LogP contribution in [-0.2, 0) is 0 Å². The monoisotopic (exact) mass is 266 g/mol. The zero-order valence-electron chi connectivity index (χ0n) is 10.6. The summed E-state index contributed by atoms with van der Waals surface area (Å²) in [5, 5.41) is 1.14. The van der Waals surface area contributed by atoms with Crippen LogP contribution in [0, 0.1) is 6.92 Å². The molecule has 0 aliphatic rings. The van der Waals surface area contributed by atoms with Crippen LogP contribution in [0.5, 0.6) is 0 Å². The number of benzene rings is 2. The van der Waals surface area contributed by atoms with Gasteiger partial charge in [0.25, 0.3) is 0 Å². The molecule has 0 spiro atoms. The van der Waals surface area contributed by atoms with Crippen LogP contribution in [0.15, 0.2) is 64.5 Å². The molecule has 0 fully saturated rings. The summed E-state index contributed by atoms with van der Waals surface area (Å²) in [6.45, 7) is 2.10. The number of rotatable bonds is 2. The molecule has 0 radical (unpaired) electrons. The Kier molecular flexibility index (Phi) is 3.13. The van der Waals surface area contributed by atoms with Crippen molar-refractivity contribution in [2.24, 2.45) is 0 Å². The molecule has 1 aromatic heterocycles. The summed E-state index contributed by atoms with van der Waals surface area (Å²) in [6, 6.07) is 16.5. The van der Waals surface area contributed by atoms with E-state index in [0.717, 1.165) is 16.6 Å². The molecular weight excluding hydrogens is 252 g/mol. The number of hydrogen-bond acceptors (Lipinski definition) is 3. The molecule has 1 heterocycles. The van der Waals surface area contributed by atoms with E-state index in [-0.39, 0.29) is 0 Å². The van der Waals surface area contributed by atoms with Gasteiger partial charge in [-0.3, -0.25) is 4.98 Å². The highest BCUT2D eigenvalue weighted by Gasteiger charge is 2.04. The van der Waals surface area contributed by atoms with Gasteiger partial charge >= 0.3 is 0 Å². The number of hydrogen-bond donors (Lipinski definition) is 1. The van der Waals surface area contributed by atoms with Gasteiger partial charge in [0.15, 0.2) is 0 Å². The van der Waals surface area contributed by atoms with Gasteiger partial charge in [0.05, 0.1) is 5.52 Å². The van der Waals surface area contributed by atoms with Gasteiger partial charge in [0.1, 0.15) is 0 Å². The van der Waals surface area contributed by atoms with Crippen LogP contribution >= 0.6 is 11.8 Å². The third-order valence-electron chi connectivity index (χ3n) is 2.98. The lowest BCUT2D eigenvalue weighted by Gasteiger charge is -2.06. The van der Waals surface area contributed by atoms with E-state index in [1.54, 1.807) is 11.8 Å². The van der Waals surface area contributed by atoms with Crippen LogP contribution in [0.25, 0.3) is 10.9 Å². The number of fused-ring (bicyclic) bond motifs is 1. The Morgan fingerprint density at radius 1 is 1.00 bits per heavy atom. The Morgan fingerprint density at radius 2 is 1.79 bits per heavy atom. The zero-order chi connectivity index (χ0) is 13.2. The fraction of sp³-hybridized carbons (Fsp3) is 0.0625. The minimum absolute atomic E-state index is 0.748. The first-order valence-electron chi connectivity index (χ1n) is 6.11. The predicted molar refractivity (Wildman–Crippen MR) is 81.5 cm³/mol. The van der Waals surface area contributed by atoms with E-state index < -0.39 is 0 Å². The Bertz CT molecular complexity index is 720. The molecule has 3 rings (SSSR count). The second-order valence-electron chi connectivity index (χ2n) is 4.50. The fourth-order valence-corrected chi connectivity index (χ4v) is 2.90. The van der Waals surface area contributed by atoms with Crippen molar-refractivity contribution in [3.63, 3.8) is 0 Å². The molecule has 2 nitrogen and oxygen atoms in total. The third-order valence-corrected chi connectivity index (χ3v) is 4.06. The maximum absolute atomic E-state index is 5.80. The van der Waals surface area contributed by atoms with E-state index in [1.807, 2.05) is 30.5 Å². The molecule has 0 saturated carbocycles. The van der Waals surface area contributed by atoms with Crippen molar-refractivity contribution >= 4 is 28.4 Å². The summed E-state index contributed by atoms with van der Waals surface area (Å²) in [5.41, 5.74) is 8.76. The summed E-state index contributed by atoms with van der Waals surface area (Å²) in [6.07, 6.45) is 1.83. The van der Waals surface area contributed by atoms with Gasteiger partial charge in [-0.2, -0.15) is 0 Å². The fourth-order valence-electron chi connectivity index (χ4n) is 1.96. The average Bonchev–Trinajstić information content (AvgIpc) is 2.41. The number of nitrogen functional groups attached to an aromatic ring is 1. The quantitative estimate of drug-likeness (QED) is 0.704. The summed E-state index contributed by atoms with van der Waals surface area (Å²) in [7, 11) is 0. The van der Waals surface area contributed by atoms with Gasteiger partial charge in [-0.05, 0) is 43.3 Å². The highest BCUT2D eigenvalue weighted by Crippen LogP contribution is 2.33. The van der Waals surface area contributed by atoms with Crippen molar-refractivity contribution in [3.05, 3.63) is 60.3 Å². The maximum Gasteiger partial charge on any atom is 0.0733 e. The van der Waals surface area contributed by atoms with E-state index in [1.165, 1.54) is 15.4 Å². The van der Waals surface area contributed by atoms with Crippen LogP contribution in [0.3, 0.4) is 0 Å². The van der Waals surface area contributed by atoms with E-state index in [4.69, 9.17) is 5.73 Å². The van der Waals surface area contributed by atoms with Crippen LogP contribution in [-0.4, -0.2) is 4.98 Å². The summed E-state index contributed by atoms with van der Waals surface area (Å²) in [5.74, 6) is 0. The van der Waals surface area contributed by atoms with Crippen LogP contribution < -0.4 is 5.73 Å². The highest BCUT2D eigenvalue weighted by molar-refractivity contribution is 7.99. The number of nitrogens with two attached hydrogens (primary N) is 1. The largest absolute Gasteiger partial charge is 0.399 e. The SMILES string of the molecule is Cc1ccc(Sc2ccnc3cc(N)ccc23)cc1. The Balaban J connectivity index is 2.03. The first-order chi connectivity index (χ1) is 9.22. The van der Waals surface area contributed by atoms with Crippen molar-refractivity contribution in [1.82, 2.24) is 4.98 Å². The molecule has 19 heavy (non-hydrogen) atoms. The first-order valence-corrected chi connectivity index (χ1v) is 6.93. The number of aryl methyl sites for hydroxylation is 1. The molecule has 0 saturated heterocycles. The van der Waals surface area contributed by atoms with E-state index >= 15 is 0 Å². The topological polar surface area (TPSA) is 38.9 Å². The second-order valence-corrected chi connectivity index (χ2v) is 5.62. The summed E-state index contributed by atoms with van der Waals surface area (Å²) >= 11 is 1.75. The molecule has 94 valence electrons. The zero-order valence-corrected chi connectivity index (χ0v) is 11.4. The van der Waals surface area contributed by atoms with Gasteiger partial charge in [-0.1, -0.05) is 29.5 Å². The smallest absolute Gasteiger partial charge is 0.0733 e. The molecule has 0 bridgehead atoms. The Morgan fingerprint density at radius 3 is 2.58 bits per heavy atom. The van der Waals surface area contributed by atoms with Gasteiger partial charge in [0.2, 0.25) is 0 Å². The van der Waals surface area contributed by atoms with Crippen molar-refractivity contribution in [1.29, 1.82) is 0 Å². The minimum atomic E-state index is 0.748. The molecule has 2 N–H and O–H groups in total. The van der Waals surface area contributed by atoms with Gasteiger partial charge in [-0.25, -0.2) is 0 Å². The molecule has 0 unspecified atom stereocenters. The van der Waals surface area contributed by atoms with E-state index in [9.17, 15) is 0 Å². The predicted octanol–water partition coefficient (Wildman–Crippen LogP) is 4.28. The van der Waals surface area contributed by atoms with Crippen molar-refractivity contribution < 1.29 is 0 Å². The molecular formula is C16H14N2S. The van der Waals surface area contributed by atoms with Gasteiger partial charge < -0.3 is 5.73 Å². The molecule has 3 heteroatoms. The lowest BCUT2D eigenvalue weighted by molar-refractivity contribution is 1.34. The number of nitrogens with zero attached hydrogens (tertiary/aromatic N) is 1. The van der Waals surface area contributed by atoms with Crippen LogP contribution in [0.4, 0.5) is 5.69 Å². The number of aromatic nitrogens is 1. The minimum Gasteiger partial charge on any atom is -0.399 e. The van der Waals surface area contributed by atoms with Gasteiger partial charge in [0, 0.05) is 27.1 Å². The highest BCUT2D eigenvalue weighted by atomic mass is 32.2. The standard InChI is InChI=1S/C16H14N2S/c1-11-2-5-13(6-3-11)19-16-8-9-18-15-10-12(17)4-7-14(15)16/h2-10H,17H2,1H3.